The van der Waals surface area contributed by atoms with Gasteiger partial charge in [-0.05, 0) is 84.8 Å². The maximum absolute atomic E-state index is 13.1. The average molecular weight is 522 g/mol. The van der Waals surface area contributed by atoms with Crippen LogP contribution in [0.1, 0.15) is 37.7 Å². The largest absolute Gasteiger partial charge is 0.416 e. The van der Waals surface area contributed by atoms with Crippen LogP contribution < -0.4 is 15.1 Å². The lowest BCUT2D eigenvalue weighted by Crippen LogP contribution is -2.60. The molecule has 1 N–H and O–H groups in total. The van der Waals surface area contributed by atoms with Gasteiger partial charge in [-0.25, -0.2) is 4.98 Å². The molecular weight excluding hydrogens is 487 g/mol. The molecule has 4 atom stereocenters. The van der Waals surface area contributed by atoms with Gasteiger partial charge in [0, 0.05) is 68.5 Å². The molecule has 1 aliphatic carbocycles. The fourth-order valence-corrected chi connectivity index (χ4v) is 6.68. The lowest BCUT2D eigenvalue weighted by molar-refractivity contribution is -0.137. The number of anilines is 2. The van der Waals surface area contributed by atoms with E-state index in [0.717, 1.165) is 55.2 Å². The Labute approximate surface area is 222 Å². The van der Waals surface area contributed by atoms with Gasteiger partial charge in [0.25, 0.3) is 0 Å². The Morgan fingerprint density at radius 2 is 1.58 bits per heavy atom. The lowest BCUT2D eigenvalue weighted by atomic mass is 9.80. The first-order chi connectivity index (χ1) is 18.5. The number of piperidine rings is 1. The van der Waals surface area contributed by atoms with Crippen molar-refractivity contribution in [2.75, 3.05) is 36.0 Å². The third kappa shape index (κ3) is 5.23. The van der Waals surface area contributed by atoms with E-state index in [-0.39, 0.29) is 0 Å². The Bertz CT molecular complexity index is 1220. The van der Waals surface area contributed by atoms with Crippen molar-refractivity contribution in [1.29, 1.82) is 0 Å². The molecule has 8 heteroatoms. The van der Waals surface area contributed by atoms with Gasteiger partial charge in [0.1, 0.15) is 5.82 Å². The Hall–Kier alpha value is -3.13. The van der Waals surface area contributed by atoms with Gasteiger partial charge in [-0.3, -0.25) is 4.98 Å². The minimum Gasteiger partial charge on any atom is -0.371 e. The summed E-state index contributed by atoms with van der Waals surface area (Å²) < 4.78 is 39.3. The van der Waals surface area contributed by atoms with Gasteiger partial charge in [0.2, 0.25) is 0 Å². The van der Waals surface area contributed by atoms with Crippen molar-refractivity contribution in [1.82, 2.24) is 15.3 Å². The SMILES string of the molecule is FC(F)(F)c1ccc(N2CCC3C(CNC4CCCCC4CN3c3cc(-c4ccncc4)ccn3)C2)cc1. The van der Waals surface area contributed by atoms with Crippen LogP contribution in [0.4, 0.5) is 24.7 Å². The van der Waals surface area contributed by atoms with Crippen LogP contribution >= 0.6 is 0 Å². The van der Waals surface area contributed by atoms with Gasteiger partial charge < -0.3 is 15.1 Å². The van der Waals surface area contributed by atoms with E-state index in [2.05, 4.69) is 32.2 Å². The van der Waals surface area contributed by atoms with E-state index in [1.54, 1.807) is 12.1 Å². The molecule has 3 aliphatic rings. The van der Waals surface area contributed by atoms with Gasteiger partial charge in [-0.15, -0.1) is 0 Å². The molecule has 6 rings (SSSR count). The zero-order valence-electron chi connectivity index (χ0n) is 21.4. The minimum absolute atomic E-state index is 0.316. The van der Waals surface area contributed by atoms with Crippen molar-refractivity contribution in [3.8, 4) is 11.1 Å². The van der Waals surface area contributed by atoms with Gasteiger partial charge in [0.15, 0.2) is 0 Å². The molecule has 5 nitrogen and oxygen atoms in total. The summed E-state index contributed by atoms with van der Waals surface area (Å²) >= 11 is 0. The van der Waals surface area contributed by atoms with E-state index in [1.165, 1.54) is 37.8 Å². The summed E-state index contributed by atoms with van der Waals surface area (Å²) in [4.78, 5) is 13.8. The predicted molar refractivity (Wildman–Crippen MR) is 144 cm³/mol. The first kappa shape index (κ1) is 25.2. The van der Waals surface area contributed by atoms with E-state index in [0.29, 0.717) is 23.9 Å². The second-order valence-corrected chi connectivity index (χ2v) is 11.0. The van der Waals surface area contributed by atoms with Crippen LogP contribution in [0, 0.1) is 11.8 Å². The van der Waals surface area contributed by atoms with Crippen LogP contribution in [-0.4, -0.2) is 48.2 Å². The first-order valence-electron chi connectivity index (χ1n) is 13.7. The van der Waals surface area contributed by atoms with Crippen molar-refractivity contribution in [2.45, 2.75) is 50.4 Å². The summed E-state index contributed by atoms with van der Waals surface area (Å²) in [6.45, 7) is 3.50. The normalized spacial score (nSPS) is 26.2. The predicted octanol–water partition coefficient (Wildman–Crippen LogP) is 6.03. The third-order valence-electron chi connectivity index (χ3n) is 8.69. The van der Waals surface area contributed by atoms with E-state index >= 15 is 0 Å². The van der Waals surface area contributed by atoms with Crippen LogP contribution in [0.25, 0.3) is 11.1 Å². The molecule has 1 aromatic carbocycles. The first-order valence-corrected chi connectivity index (χ1v) is 13.7. The smallest absolute Gasteiger partial charge is 0.371 e. The number of fused-ring (bicyclic) bond motifs is 2. The fourth-order valence-electron chi connectivity index (χ4n) is 6.68. The molecule has 0 spiro atoms. The van der Waals surface area contributed by atoms with E-state index in [9.17, 15) is 13.2 Å². The number of halogens is 3. The van der Waals surface area contributed by atoms with Gasteiger partial charge in [-0.2, -0.15) is 13.2 Å². The van der Waals surface area contributed by atoms with Crippen molar-refractivity contribution < 1.29 is 13.2 Å². The monoisotopic (exact) mass is 521 g/mol. The van der Waals surface area contributed by atoms with E-state index in [4.69, 9.17) is 4.98 Å². The zero-order chi connectivity index (χ0) is 26.1. The quantitative estimate of drug-likeness (QED) is 0.456. The maximum Gasteiger partial charge on any atom is 0.416 e. The minimum atomic E-state index is -4.32. The van der Waals surface area contributed by atoms with Gasteiger partial charge in [0.05, 0.1) is 5.56 Å². The summed E-state index contributed by atoms with van der Waals surface area (Å²) in [5.74, 6) is 1.94. The van der Waals surface area contributed by atoms with Crippen molar-refractivity contribution in [2.24, 2.45) is 11.8 Å². The number of pyridine rings is 2. The van der Waals surface area contributed by atoms with Crippen LogP contribution in [-0.2, 0) is 6.18 Å². The molecule has 200 valence electrons. The number of nitrogens with one attached hydrogen (secondary N) is 1. The second kappa shape index (κ2) is 10.6. The topological polar surface area (TPSA) is 44.3 Å². The molecule has 2 aliphatic heterocycles. The summed E-state index contributed by atoms with van der Waals surface area (Å²) in [6.07, 6.45) is 7.12. The second-order valence-electron chi connectivity index (χ2n) is 11.0. The molecule has 3 aromatic rings. The summed E-state index contributed by atoms with van der Waals surface area (Å²) in [5.41, 5.74) is 2.52. The van der Waals surface area contributed by atoms with Crippen LogP contribution in [0.2, 0.25) is 0 Å². The highest BCUT2D eigenvalue weighted by atomic mass is 19.4. The molecular formula is C30H34F3N5. The molecule has 2 aromatic heterocycles. The number of alkyl halides is 3. The number of hydrogen-bond acceptors (Lipinski definition) is 5. The molecule has 0 bridgehead atoms. The Kier molecular flexibility index (Phi) is 6.99. The molecule has 2 saturated heterocycles. The Balaban J connectivity index is 1.29. The standard InChI is InChI=1S/C30H34F3N5/c31-30(32,33)25-5-7-26(8-6-25)37-16-12-28-24(19-37)18-36-27-4-2-1-3-23(27)20-38(28)29-17-22(11-15-35-29)21-9-13-34-14-10-21/h5-11,13-15,17,23-24,27-28,36H,1-4,12,16,18-20H2. The molecule has 3 fully saturated rings. The van der Waals surface area contributed by atoms with Crippen LogP contribution in [0.5, 0.6) is 0 Å². The number of aromatic nitrogens is 2. The molecule has 38 heavy (non-hydrogen) atoms. The highest BCUT2D eigenvalue weighted by Crippen LogP contribution is 2.37. The van der Waals surface area contributed by atoms with Gasteiger partial charge in [-0.1, -0.05) is 12.8 Å². The van der Waals surface area contributed by atoms with Crippen molar-refractivity contribution in [3.63, 3.8) is 0 Å². The van der Waals surface area contributed by atoms with Crippen LogP contribution in [0.3, 0.4) is 0 Å². The Morgan fingerprint density at radius 1 is 0.816 bits per heavy atom. The molecule has 0 amide bonds. The van der Waals surface area contributed by atoms with Crippen LogP contribution in [0.15, 0.2) is 67.1 Å². The van der Waals surface area contributed by atoms with Crippen molar-refractivity contribution >= 4 is 11.5 Å². The molecule has 4 unspecified atom stereocenters. The maximum atomic E-state index is 13.1. The molecule has 0 radical (unpaired) electrons. The fraction of sp³-hybridized carbons (Fsp3) is 0.467. The zero-order valence-corrected chi connectivity index (χ0v) is 21.4. The van der Waals surface area contributed by atoms with E-state index < -0.39 is 11.7 Å². The summed E-state index contributed by atoms with van der Waals surface area (Å²) in [6, 6.07) is 14.8. The van der Waals surface area contributed by atoms with E-state index in [1.807, 2.05) is 30.7 Å². The highest BCUT2D eigenvalue weighted by molar-refractivity contribution is 5.66. The molecule has 1 saturated carbocycles. The number of rotatable bonds is 3. The summed E-state index contributed by atoms with van der Waals surface area (Å²) in [5, 5.41) is 3.90. The third-order valence-corrected chi connectivity index (χ3v) is 8.69. The highest BCUT2D eigenvalue weighted by Gasteiger charge is 2.40. The average Bonchev–Trinajstić information content (AvgIpc) is 2.94. The van der Waals surface area contributed by atoms with Gasteiger partial charge >= 0.3 is 6.18 Å². The number of nitrogens with zero attached hydrogens (tertiary/aromatic N) is 4. The van der Waals surface area contributed by atoms with Crippen molar-refractivity contribution in [3.05, 3.63) is 72.7 Å². The lowest BCUT2D eigenvalue weighted by Gasteiger charge is -2.50. The Morgan fingerprint density at radius 3 is 2.37 bits per heavy atom. The summed E-state index contributed by atoms with van der Waals surface area (Å²) in [7, 11) is 0. The number of hydrogen-bond donors (Lipinski definition) is 1. The molecule has 4 heterocycles. The number of benzene rings is 1.